The van der Waals surface area contributed by atoms with Crippen molar-refractivity contribution in [2.45, 2.75) is 32.7 Å². The van der Waals surface area contributed by atoms with Gasteiger partial charge in [-0.15, -0.1) is 0 Å². The lowest BCUT2D eigenvalue weighted by Crippen LogP contribution is -2.39. The molecule has 3 rings (SSSR count). The van der Waals surface area contributed by atoms with Crippen molar-refractivity contribution in [2.24, 2.45) is 10.9 Å². The molecule has 172 valence electrons. The van der Waals surface area contributed by atoms with Crippen molar-refractivity contribution in [3.63, 3.8) is 0 Å². The van der Waals surface area contributed by atoms with E-state index in [9.17, 15) is 14.3 Å². The number of phenols is 1. The summed E-state index contributed by atoms with van der Waals surface area (Å²) >= 11 is 0. The van der Waals surface area contributed by atoms with Gasteiger partial charge in [0, 0.05) is 18.7 Å². The van der Waals surface area contributed by atoms with Crippen molar-refractivity contribution in [3.8, 4) is 11.5 Å². The van der Waals surface area contributed by atoms with E-state index in [0.29, 0.717) is 43.7 Å². The first-order valence-corrected chi connectivity index (χ1v) is 11.0. The van der Waals surface area contributed by atoms with Gasteiger partial charge in [0.15, 0.2) is 17.5 Å². The number of ether oxygens (including phenoxy) is 1. The number of nitrogens with one attached hydrogen (secondary N) is 3. The number of carbonyl (C=O) groups excluding carboxylic acids is 1. The van der Waals surface area contributed by atoms with Crippen LogP contribution in [0.2, 0.25) is 0 Å². The van der Waals surface area contributed by atoms with E-state index in [1.807, 2.05) is 19.9 Å². The molecule has 7 nitrogen and oxygen atoms in total. The molecular formula is C24H31FN4O3. The molecule has 0 heterocycles. The fourth-order valence-corrected chi connectivity index (χ4v) is 3.06. The number of benzene rings is 2. The van der Waals surface area contributed by atoms with E-state index in [4.69, 9.17) is 4.74 Å². The fourth-order valence-electron chi connectivity index (χ4n) is 3.06. The van der Waals surface area contributed by atoms with Crippen molar-refractivity contribution < 1.29 is 19.0 Å². The number of halogens is 1. The van der Waals surface area contributed by atoms with E-state index in [0.717, 1.165) is 18.4 Å². The first-order chi connectivity index (χ1) is 15.5. The summed E-state index contributed by atoms with van der Waals surface area (Å²) in [5, 5.41) is 18.5. The zero-order chi connectivity index (χ0) is 22.9. The van der Waals surface area contributed by atoms with Crippen LogP contribution < -0.4 is 20.7 Å². The van der Waals surface area contributed by atoms with Gasteiger partial charge in [-0.2, -0.15) is 0 Å². The highest BCUT2D eigenvalue weighted by Gasteiger charge is 2.22. The van der Waals surface area contributed by atoms with Gasteiger partial charge in [0.2, 0.25) is 0 Å². The fraction of sp³-hybridized carbons (Fsp3) is 0.417. The number of hydrogen-bond acceptors (Lipinski definition) is 4. The second-order valence-corrected chi connectivity index (χ2v) is 7.87. The molecule has 2 aromatic carbocycles. The number of carbonyl (C=O) groups is 1. The van der Waals surface area contributed by atoms with Gasteiger partial charge >= 0.3 is 0 Å². The zero-order valence-electron chi connectivity index (χ0n) is 18.5. The summed E-state index contributed by atoms with van der Waals surface area (Å²) in [5.41, 5.74) is 1.25. The Bertz CT molecular complexity index is 929. The Morgan fingerprint density at radius 2 is 1.97 bits per heavy atom. The normalized spacial score (nSPS) is 14.5. The minimum Gasteiger partial charge on any atom is -0.508 e. The molecule has 0 spiro atoms. The van der Waals surface area contributed by atoms with Gasteiger partial charge in [0.05, 0.1) is 19.2 Å². The molecule has 1 saturated carbocycles. The highest BCUT2D eigenvalue weighted by atomic mass is 19.1. The molecule has 0 aromatic heterocycles. The van der Waals surface area contributed by atoms with Crippen LogP contribution in [0.25, 0.3) is 0 Å². The highest BCUT2D eigenvalue weighted by Crippen LogP contribution is 2.30. The molecule has 1 aliphatic rings. The summed E-state index contributed by atoms with van der Waals surface area (Å²) in [6.07, 6.45) is 2.32. The SMILES string of the molecule is CCNC(=NCCNC(=O)c1ccc(O)cc1)NC(C)c1ccc(OCC2CC2)c(F)c1. The molecule has 1 atom stereocenters. The van der Waals surface area contributed by atoms with Crippen LogP contribution in [0, 0.1) is 11.7 Å². The van der Waals surface area contributed by atoms with E-state index in [1.165, 1.54) is 18.2 Å². The molecule has 1 amide bonds. The minimum atomic E-state index is -0.365. The van der Waals surface area contributed by atoms with Crippen molar-refractivity contribution in [1.29, 1.82) is 0 Å². The van der Waals surface area contributed by atoms with E-state index >= 15 is 0 Å². The van der Waals surface area contributed by atoms with Crippen molar-refractivity contribution in [3.05, 3.63) is 59.4 Å². The summed E-state index contributed by atoms with van der Waals surface area (Å²) in [5.74, 6) is 0.953. The van der Waals surface area contributed by atoms with Gasteiger partial charge in [-0.05, 0) is 74.6 Å². The van der Waals surface area contributed by atoms with Crippen LogP contribution in [0.1, 0.15) is 48.7 Å². The molecule has 0 bridgehead atoms. The Morgan fingerprint density at radius 3 is 2.62 bits per heavy atom. The molecule has 32 heavy (non-hydrogen) atoms. The summed E-state index contributed by atoms with van der Waals surface area (Å²) in [7, 11) is 0. The van der Waals surface area contributed by atoms with Gasteiger partial charge in [0.25, 0.3) is 5.91 Å². The Kier molecular flexibility index (Phi) is 8.30. The predicted octanol–water partition coefficient (Wildman–Crippen LogP) is 3.37. The van der Waals surface area contributed by atoms with Gasteiger partial charge in [-0.3, -0.25) is 9.79 Å². The summed E-state index contributed by atoms with van der Waals surface area (Å²) in [6.45, 7) is 5.85. The third kappa shape index (κ3) is 7.14. The summed E-state index contributed by atoms with van der Waals surface area (Å²) in [6, 6.07) is 10.9. The third-order valence-corrected chi connectivity index (χ3v) is 5.12. The Balaban J connectivity index is 1.50. The Labute approximate surface area is 188 Å². The second-order valence-electron chi connectivity index (χ2n) is 7.87. The Morgan fingerprint density at radius 1 is 1.22 bits per heavy atom. The lowest BCUT2D eigenvalue weighted by molar-refractivity contribution is 0.0955. The van der Waals surface area contributed by atoms with Gasteiger partial charge in [-0.1, -0.05) is 6.07 Å². The van der Waals surface area contributed by atoms with Crippen LogP contribution in [0.15, 0.2) is 47.5 Å². The van der Waals surface area contributed by atoms with Crippen molar-refractivity contribution in [2.75, 3.05) is 26.2 Å². The number of hydrogen-bond donors (Lipinski definition) is 4. The number of aromatic hydroxyl groups is 1. The van der Waals surface area contributed by atoms with Gasteiger partial charge in [-0.25, -0.2) is 4.39 Å². The molecule has 1 fully saturated rings. The molecule has 4 N–H and O–H groups in total. The quantitative estimate of drug-likeness (QED) is 0.257. The third-order valence-electron chi connectivity index (χ3n) is 5.12. The lowest BCUT2D eigenvalue weighted by Gasteiger charge is -2.19. The van der Waals surface area contributed by atoms with E-state index in [-0.39, 0.29) is 29.3 Å². The van der Waals surface area contributed by atoms with Crippen molar-refractivity contribution >= 4 is 11.9 Å². The molecule has 0 radical (unpaired) electrons. The van der Waals surface area contributed by atoms with Crippen LogP contribution >= 0.6 is 0 Å². The standard InChI is InChI=1S/C24H31FN4O3/c1-3-26-24(28-13-12-27-23(31)18-6-9-20(30)10-7-18)29-16(2)19-8-11-22(21(25)14-19)32-15-17-4-5-17/h6-11,14,16-17,30H,3-5,12-13,15H2,1-2H3,(H,27,31)(H2,26,28,29). The molecule has 8 heteroatoms. The number of guanidine groups is 1. The number of nitrogens with zero attached hydrogens (tertiary/aromatic N) is 1. The first-order valence-electron chi connectivity index (χ1n) is 11.0. The first kappa shape index (κ1) is 23.4. The summed E-state index contributed by atoms with van der Waals surface area (Å²) in [4.78, 5) is 16.6. The number of aliphatic imine (C=N–C) groups is 1. The maximum atomic E-state index is 14.4. The maximum absolute atomic E-state index is 14.4. The predicted molar refractivity (Wildman–Crippen MR) is 123 cm³/mol. The molecule has 1 unspecified atom stereocenters. The largest absolute Gasteiger partial charge is 0.508 e. The van der Waals surface area contributed by atoms with E-state index < -0.39 is 0 Å². The molecular weight excluding hydrogens is 411 g/mol. The second kappa shape index (κ2) is 11.4. The number of phenolic OH excluding ortho intramolecular Hbond substituents is 1. The van der Waals surface area contributed by atoms with Crippen LogP contribution in [-0.2, 0) is 0 Å². The minimum absolute atomic E-state index is 0.113. The highest BCUT2D eigenvalue weighted by molar-refractivity contribution is 5.94. The molecule has 1 aliphatic carbocycles. The monoisotopic (exact) mass is 442 g/mol. The van der Waals surface area contributed by atoms with Crippen molar-refractivity contribution in [1.82, 2.24) is 16.0 Å². The topological polar surface area (TPSA) is 95.0 Å². The lowest BCUT2D eigenvalue weighted by atomic mass is 10.1. The smallest absolute Gasteiger partial charge is 0.251 e. The molecule has 0 saturated heterocycles. The average molecular weight is 443 g/mol. The van der Waals surface area contributed by atoms with Gasteiger partial charge in [0.1, 0.15) is 5.75 Å². The van der Waals surface area contributed by atoms with Crippen LogP contribution in [0.4, 0.5) is 4.39 Å². The number of amides is 1. The van der Waals surface area contributed by atoms with Crippen LogP contribution in [-0.4, -0.2) is 43.2 Å². The molecule has 2 aromatic rings. The summed E-state index contributed by atoms with van der Waals surface area (Å²) < 4.78 is 20.0. The molecule has 0 aliphatic heterocycles. The number of rotatable bonds is 10. The van der Waals surface area contributed by atoms with Crippen LogP contribution in [0.5, 0.6) is 11.5 Å². The van der Waals surface area contributed by atoms with E-state index in [2.05, 4.69) is 20.9 Å². The van der Waals surface area contributed by atoms with E-state index in [1.54, 1.807) is 18.2 Å². The van der Waals surface area contributed by atoms with Gasteiger partial charge < -0.3 is 25.8 Å². The maximum Gasteiger partial charge on any atom is 0.251 e. The van der Waals surface area contributed by atoms with Crippen LogP contribution in [0.3, 0.4) is 0 Å². The zero-order valence-corrected chi connectivity index (χ0v) is 18.5. The average Bonchev–Trinajstić information content (AvgIpc) is 3.60. The Hall–Kier alpha value is -3.29.